The molecule has 0 aromatic carbocycles. The summed E-state index contributed by atoms with van der Waals surface area (Å²) in [5.74, 6) is -0.427. The first-order valence-corrected chi connectivity index (χ1v) is 7.19. The van der Waals surface area contributed by atoms with Crippen molar-refractivity contribution in [3.63, 3.8) is 0 Å². The van der Waals surface area contributed by atoms with Crippen LogP contribution in [0.3, 0.4) is 0 Å². The Morgan fingerprint density at radius 2 is 1.95 bits per heavy atom. The molecule has 0 saturated heterocycles. The largest absolute Gasteiger partial charge is 0.481 e. The number of hydrogen-bond donors (Lipinski definition) is 1. The van der Waals surface area contributed by atoms with Crippen molar-refractivity contribution in [2.45, 2.75) is 19.9 Å². The molecule has 1 aromatic heterocycles. The first-order valence-electron chi connectivity index (χ1n) is 7.19. The summed E-state index contributed by atoms with van der Waals surface area (Å²) in [6.45, 7) is 2.23. The maximum absolute atomic E-state index is 12.6. The van der Waals surface area contributed by atoms with E-state index in [1.54, 1.807) is 11.9 Å². The van der Waals surface area contributed by atoms with E-state index in [1.165, 1.54) is 0 Å². The number of aliphatic carboxylic acids is 1. The Balaban J connectivity index is 1.74. The van der Waals surface area contributed by atoms with Gasteiger partial charge in [-0.05, 0) is 37.3 Å². The van der Waals surface area contributed by atoms with Gasteiger partial charge in [0.15, 0.2) is 0 Å². The molecule has 1 aromatic rings. The third-order valence-electron chi connectivity index (χ3n) is 4.59. The number of nitrogens with zero attached hydrogens (tertiary/aromatic N) is 1. The van der Waals surface area contributed by atoms with Crippen molar-refractivity contribution in [2.75, 3.05) is 7.05 Å². The first-order chi connectivity index (χ1) is 9.97. The molecule has 2 aliphatic rings. The Morgan fingerprint density at radius 3 is 2.52 bits per heavy atom. The van der Waals surface area contributed by atoms with Gasteiger partial charge < -0.3 is 14.4 Å². The van der Waals surface area contributed by atoms with Crippen LogP contribution in [0.5, 0.6) is 0 Å². The Labute approximate surface area is 123 Å². The van der Waals surface area contributed by atoms with Gasteiger partial charge in [-0.2, -0.15) is 0 Å². The number of carbonyl (C=O) groups excluding carboxylic acids is 1. The average molecular weight is 289 g/mol. The number of carboxylic acid groups (broad SMARTS) is 1. The fourth-order valence-corrected chi connectivity index (χ4v) is 3.63. The van der Waals surface area contributed by atoms with Gasteiger partial charge in [-0.1, -0.05) is 12.2 Å². The lowest BCUT2D eigenvalue weighted by molar-refractivity contribution is -0.150. The Hall–Kier alpha value is -2.04. The summed E-state index contributed by atoms with van der Waals surface area (Å²) in [7, 11) is 1.70. The third kappa shape index (κ3) is 2.37. The van der Waals surface area contributed by atoms with Crippen molar-refractivity contribution in [1.82, 2.24) is 4.90 Å². The van der Waals surface area contributed by atoms with Gasteiger partial charge in [-0.25, -0.2) is 0 Å². The Kier molecular flexibility index (Phi) is 3.35. The lowest BCUT2D eigenvalue weighted by Gasteiger charge is -2.28. The highest BCUT2D eigenvalue weighted by Gasteiger charge is 2.52. The Bertz CT molecular complexity index is 603. The fraction of sp³-hybridized carbons (Fsp3) is 0.500. The van der Waals surface area contributed by atoms with E-state index < -0.39 is 17.8 Å². The van der Waals surface area contributed by atoms with Gasteiger partial charge in [0.25, 0.3) is 0 Å². The smallest absolute Gasteiger partial charge is 0.307 e. The molecular formula is C16H19NO4. The molecule has 0 aliphatic heterocycles. The standard InChI is InChI=1S/C16H19NO4/c1-9-3-6-12(21-9)8-17(2)15(18)13-10-4-5-11(7-10)14(13)16(19)20/h3-6,10-11,13-14H,7-8H2,1-2H3,(H,19,20)/t10?,11?,13-,14+/m0/s1. The molecule has 1 saturated carbocycles. The third-order valence-corrected chi connectivity index (χ3v) is 4.59. The van der Waals surface area contributed by atoms with Crippen molar-refractivity contribution < 1.29 is 19.1 Å². The maximum atomic E-state index is 12.6. The summed E-state index contributed by atoms with van der Waals surface area (Å²) < 4.78 is 5.48. The van der Waals surface area contributed by atoms with Crippen LogP contribution in [0.4, 0.5) is 0 Å². The van der Waals surface area contributed by atoms with Crippen LogP contribution in [-0.4, -0.2) is 28.9 Å². The fourth-order valence-electron chi connectivity index (χ4n) is 3.63. The van der Waals surface area contributed by atoms with Crippen LogP contribution in [-0.2, 0) is 16.1 Å². The zero-order chi connectivity index (χ0) is 15.1. The van der Waals surface area contributed by atoms with Gasteiger partial charge in [-0.15, -0.1) is 0 Å². The summed E-state index contributed by atoms with van der Waals surface area (Å²) in [6.07, 6.45) is 4.72. The molecule has 5 heteroatoms. The lowest BCUT2D eigenvalue weighted by atomic mass is 9.82. The molecule has 112 valence electrons. The number of allylic oxidation sites excluding steroid dienone is 2. The summed E-state index contributed by atoms with van der Waals surface area (Å²) in [5, 5.41) is 9.41. The quantitative estimate of drug-likeness (QED) is 0.861. The van der Waals surface area contributed by atoms with Gasteiger partial charge in [0.05, 0.1) is 18.4 Å². The molecule has 2 unspecified atom stereocenters. The van der Waals surface area contributed by atoms with E-state index in [9.17, 15) is 14.7 Å². The number of carboxylic acids is 1. The number of carbonyl (C=O) groups is 2. The average Bonchev–Trinajstić information content (AvgIpc) is 3.12. The van der Waals surface area contributed by atoms with E-state index in [0.717, 1.165) is 12.2 Å². The number of fused-ring (bicyclic) bond motifs is 2. The molecule has 3 rings (SSSR count). The van der Waals surface area contributed by atoms with Crippen LogP contribution in [0, 0.1) is 30.6 Å². The molecule has 1 heterocycles. The maximum Gasteiger partial charge on any atom is 0.307 e. The highest BCUT2D eigenvalue weighted by molar-refractivity contribution is 5.86. The second-order valence-corrected chi connectivity index (χ2v) is 6.04. The zero-order valence-electron chi connectivity index (χ0n) is 12.2. The van der Waals surface area contributed by atoms with E-state index in [4.69, 9.17) is 4.42 Å². The van der Waals surface area contributed by atoms with E-state index in [1.807, 2.05) is 31.2 Å². The Morgan fingerprint density at radius 1 is 1.29 bits per heavy atom. The molecule has 2 aliphatic carbocycles. The molecule has 1 N–H and O–H groups in total. The molecule has 21 heavy (non-hydrogen) atoms. The lowest BCUT2D eigenvalue weighted by Crippen LogP contribution is -2.40. The second-order valence-electron chi connectivity index (χ2n) is 6.04. The SMILES string of the molecule is Cc1ccc(CN(C)C(=O)[C@H]2C3C=CC(C3)[C@H]2C(=O)O)o1. The van der Waals surface area contributed by atoms with Gasteiger partial charge in [0, 0.05) is 7.05 Å². The highest BCUT2D eigenvalue weighted by Crippen LogP contribution is 2.48. The first kappa shape index (κ1) is 13.9. The van der Waals surface area contributed by atoms with Gasteiger partial charge in [-0.3, -0.25) is 9.59 Å². The van der Waals surface area contributed by atoms with Crippen molar-refractivity contribution in [3.8, 4) is 0 Å². The number of aryl methyl sites for hydroxylation is 1. The van der Waals surface area contributed by atoms with Crippen LogP contribution in [0.15, 0.2) is 28.7 Å². The number of rotatable bonds is 4. The van der Waals surface area contributed by atoms with Crippen molar-refractivity contribution in [3.05, 3.63) is 35.8 Å². The van der Waals surface area contributed by atoms with E-state index in [-0.39, 0.29) is 17.7 Å². The predicted octanol–water partition coefficient (Wildman–Crippen LogP) is 2.07. The van der Waals surface area contributed by atoms with Gasteiger partial charge in [0.2, 0.25) is 5.91 Å². The molecule has 2 bridgehead atoms. The monoisotopic (exact) mass is 289 g/mol. The van der Waals surface area contributed by atoms with E-state index in [2.05, 4.69) is 0 Å². The van der Waals surface area contributed by atoms with Crippen molar-refractivity contribution in [1.29, 1.82) is 0 Å². The van der Waals surface area contributed by atoms with E-state index in [0.29, 0.717) is 12.3 Å². The highest BCUT2D eigenvalue weighted by atomic mass is 16.4. The molecule has 5 nitrogen and oxygen atoms in total. The van der Waals surface area contributed by atoms with Crippen LogP contribution in [0.25, 0.3) is 0 Å². The number of furan rings is 1. The minimum Gasteiger partial charge on any atom is -0.481 e. The predicted molar refractivity (Wildman–Crippen MR) is 75.3 cm³/mol. The van der Waals surface area contributed by atoms with Gasteiger partial charge >= 0.3 is 5.97 Å². The van der Waals surface area contributed by atoms with Crippen LogP contribution in [0.1, 0.15) is 17.9 Å². The summed E-state index contributed by atoms with van der Waals surface area (Å²) in [5.41, 5.74) is 0. The number of amides is 1. The summed E-state index contributed by atoms with van der Waals surface area (Å²) in [6, 6.07) is 3.70. The van der Waals surface area contributed by atoms with Crippen LogP contribution < -0.4 is 0 Å². The van der Waals surface area contributed by atoms with Gasteiger partial charge in [0.1, 0.15) is 11.5 Å². The van der Waals surface area contributed by atoms with E-state index >= 15 is 0 Å². The minimum atomic E-state index is -0.868. The van der Waals surface area contributed by atoms with Crippen LogP contribution >= 0.6 is 0 Å². The number of hydrogen-bond acceptors (Lipinski definition) is 3. The molecule has 1 amide bonds. The second kappa shape index (κ2) is 5.06. The van der Waals surface area contributed by atoms with Crippen molar-refractivity contribution in [2.24, 2.45) is 23.7 Å². The zero-order valence-corrected chi connectivity index (χ0v) is 12.2. The normalized spacial score (nSPS) is 29.8. The molecule has 1 fully saturated rings. The molecular weight excluding hydrogens is 270 g/mol. The summed E-state index contributed by atoms with van der Waals surface area (Å²) >= 11 is 0. The van der Waals surface area contributed by atoms with Crippen LogP contribution in [0.2, 0.25) is 0 Å². The molecule has 4 atom stereocenters. The molecule has 0 radical (unpaired) electrons. The van der Waals surface area contributed by atoms with Crippen molar-refractivity contribution >= 4 is 11.9 Å². The minimum absolute atomic E-state index is 0.000655. The molecule has 0 spiro atoms. The summed E-state index contributed by atoms with van der Waals surface area (Å²) in [4.78, 5) is 25.7. The topological polar surface area (TPSA) is 70.8 Å².